The van der Waals surface area contributed by atoms with Gasteiger partial charge in [0.1, 0.15) is 12.5 Å². The molecule has 0 bridgehead atoms. The maximum absolute atomic E-state index is 13.4. The molecule has 0 aromatic heterocycles. The third-order valence-corrected chi connectivity index (χ3v) is 2.19. The quantitative estimate of drug-likeness (QED) is 0.790. The van der Waals surface area contributed by atoms with Gasteiger partial charge < -0.3 is 5.73 Å². The molecule has 0 heterocycles. The number of rotatable bonds is 2. The van der Waals surface area contributed by atoms with Gasteiger partial charge in [-0.15, -0.1) is 0 Å². The molecule has 0 unspecified atom stereocenters. The lowest BCUT2D eigenvalue weighted by Gasteiger charge is -2.12. The predicted molar refractivity (Wildman–Crippen MR) is 49.1 cm³/mol. The smallest absolute Gasteiger partial charge is 0.132 e. The van der Waals surface area contributed by atoms with Gasteiger partial charge in [0.25, 0.3) is 0 Å². The van der Waals surface area contributed by atoms with Gasteiger partial charge in [0.05, 0.1) is 6.04 Å². The Morgan fingerprint density at radius 2 is 2.15 bits per heavy atom. The minimum atomic E-state index is -0.979. The maximum Gasteiger partial charge on any atom is 0.132 e. The first-order chi connectivity index (χ1) is 6.07. The zero-order valence-electron chi connectivity index (χ0n) is 7.15. The fraction of sp³-hybridized carbons (Fsp3) is 0.333. The maximum atomic E-state index is 13.4. The standard InChI is InChI=1S/C9H10ClF2N/c1-5-2-3-6(10)8(9(5)12)7(13)4-11/h2-3,7H,4,13H2,1H3/t7-/m0/s1. The summed E-state index contributed by atoms with van der Waals surface area (Å²) in [6.07, 6.45) is 0. The molecular formula is C9H10ClF2N. The average molecular weight is 206 g/mol. The van der Waals surface area contributed by atoms with Crippen molar-refractivity contribution in [2.45, 2.75) is 13.0 Å². The fourth-order valence-electron chi connectivity index (χ4n) is 1.10. The molecule has 0 fully saturated rings. The molecule has 2 N–H and O–H groups in total. The van der Waals surface area contributed by atoms with Crippen molar-refractivity contribution in [2.75, 3.05) is 6.67 Å². The Hall–Kier alpha value is -0.670. The van der Waals surface area contributed by atoms with E-state index in [0.717, 1.165) is 0 Å². The summed E-state index contributed by atoms with van der Waals surface area (Å²) >= 11 is 5.69. The van der Waals surface area contributed by atoms with E-state index in [1.165, 1.54) is 12.1 Å². The monoisotopic (exact) mass is 205 g/mol. The number of hydrogen-bond donors (Lipinski definition) is 1. The van der Waals surface area contributed by atoms with Gasteiger partial charge in [0.15, 0.2) is 0 Å². The Kier molecular flexibility index (Phi) is 3.22. The third kappa shape index (κ3) is 1.98. The van der Waals surface area contributed by atoms with E-state index in [0.29, 0.717) is 5.56 Å². The van der Waals surface area contributed by atoms with Crippen molar-refractivity contribution >= 4 is 11.6 Å². The molecule has 0 aliphatic rings. The number of nitrogens with two attached hydrogens (primary N) is 1. The highest BCUT2D eigenvalue weighted by Crippen LogP contribution is 2.26. The summed E-state index contributed by atoms with van der Waals surface area (Å²) in [6.45, 7) is 0.764. The van der Waals surface area contributed by atoms with Crippen molar-refractivity contribution in [3.05, 3.63) is 34.1 Å². The van der Waals surface area contributed by atoms with Crippen molar-refractivity contribution in [2.24, 2.45) is 5.73 Å². The number of halogens is 3. The Labute approximate surface area is 80.5 Å². The van der Waals surface area contributed by atoms with Crippen molar-refractivity contribution in [3.8, 4) is 0 Å². The summed E-state index contributed by atoms with van der Waals surface area (Å²) < 4.78 is 25.6. The highest BCUT2D eigenvalue weighted by Gasteiger charge is 2.16. The van der Waals surface area contributed by atoms with E-state index < -0.39 is 18.5 Å². The molecular weight excluding hydrogens is 196 g/mol. The van der Waals surface area contributed by atoms with Crippen molar-refractivity contribution in [3.63, 3.8) is 0 Å². The second-order valence-electron chi connectivity index (χ2n) is 2.85. The molecule has 0 spiro atoms. The Morgan fingerprint density at radius 3 is 2.69 bits per heavy atom. The van der Waals surface area contributed by atoms with E-state index in [1.807, 2.05) is 0 Å². The van der Waals surface area contributed by atoms with Crippen LogP contribution in [0.4, 0.5) is 8.78 Å². The Morgan fingerprint density at radius 1 is 1.54 bits per heavy atom. The van der Waals surface area contributed by atoms with Crippen LogP contribution in [0.5, 0.6) is 0 Å². The van der Waals surface area contributed by atoms with Crippen molar-refractivity contribution in [1.29, 1.82) is 0 Å². The van der Waals surface area contributed by atoms with Gasteiger partial charge in [-0.3, -0.25) is 0 Å². The van der Waals surface area contributed by atoms with Crippen LogP contribution in [0.25, 0.3) is 0 Å². The Balaban J connectivity index is 3.25. The highest BCUT2D eigenvalue weighted by atomic mass is 35.5. The molecule has 72 valence electrons. The summed E-state index contributed by atoms with van der Waals surface area (Å²) in [5.41, 5.74) is 5.84. The highest BCUT2D eigenvalue weighted by molar-refractivity contribution is 6.31. The summed E-state index contributed by atoms with van der Waals surface area (Å²) in [5, 5.41) is 0.174. The summed E-state index contributed by atoms with van der Waals surface area (Å²) in [4.78, 5) is 0. The lowest BCUT2D eigenvalue weighted by molar-refractivity contribution is 0.426. The summed E-state index contributed by atoms with van der Waals surface area (Å²) in [6, 6.07) is 2.07. The molecule has 1 aromatic rings. The SMILES string of the molecule is Cc1ccc(Cl)c([C@@H](N)CF)c1F. The van der Waals surface area contributed by atoms with E-state index in [4.69, 9.17) is 17.3 Å². The number of hydrogen-bond acceptors (Lipinski definition) is 1. The lowest BCUT2D eigenvalue weighted by atomic mass is 10.0. The van der Waals surface area contributed by atoms with Crippen LogP contribution >= 0.6 is 11.6 Å². The van der Waals surface area contributed by atoms with Gasteiger partial charge in [-0.25, -0.2) is 8.78 Å². The zero-order valence-corrected chi connectivity index (χ0v) is 7.91. The third-order valence-electron chi connectivity index (χ3n) is 1.86. The molecule has 1 aromatic carbocycles. The van der Waals surface area contributed by atoms with Crippen molar-refractivity contribution < 1.29 is 8.78 Å². The molecule has 13 heavy (non-hydrogen) atoms. The van der Waals surface area contributed by atoms with Gasteiger partial charge in [-0.2, -0.15) is 0 Å². The lowest BCUT2D eigenvalue weighted by Crippen LogP contribution is -2.15. The average Bonchev–Trinajstić information content (AvgIpc) is 2.12. The van der Waals surface area contributed by atoms with Crippen LogP contribution in [0.3, 0.4) is 0 Å². The second-order valence-corrected chi connectivity index (χ2v) is 3.26. The van der Waals surface area contributed by atoms with Gasteiger partial charge >= 0.3 is 0 Å². The molecule has 1 atom stereocenters. The second kappa shape index (κ2) is 4.03. The first-order valence-corrected chi connectivity index (χ1v) is 4.21. The first-order valence-electron chi connectivity index (χ1n) is 3.84. The molecule has 1 nitrogen and oxygen atoms in total. The van der Waals surface area contributed by atoms with Crippen LogP contribution in [0.2, 0.25) is 5.02 Å². The van der Waals surface area contributed by atoms with Crippen LogP contribution in [0, 0.1) is 12.7 Å². The molecule has 4 heteroatoms. The number of benzene rings is 1. The Bertz CT molecular complexity index is 315. The topological polar surface area (TPSA) is 26.0 Å². The van der Waals surface area contributed by atoms with Crippen LogP contribution in [0.1, 0.15) is 17.2 Å². The first kappa shape index (κ1) is 10.4. The van der Waals surface area contributed by atoms with E-state index in [-0.39, 0.29) is 10.6 Å². The van der Waals surface area contributed by atoms with Crippen LogP contribution in [0.15, 0.2) is 12.1 Å². The number of alkyl halides is 1. The zero-order chi connectivity index (χ0) is 10.0. The summed E-state index contributed by atoms with van der Waals surface area (Å²) in [7, 11) is 0. The minimum absolute atomic E-state index is 0.0594. The molecule has 1 rings (SSSR count). The minimum Gasteiger partial charge on any atom is -0.322 e. The predicted octanol–water partition coefficient (Wildman–Crippen LogP) is 2.76. The molecule has 0 saturated heterocycles. The van der Waals surface area contributed by atoms with E-state index >= 15 is 0 Å². The normalized spacial score (nSPS) is 13.0. The molecule has 0 aliphatic carbocycles. The fourth-order valence-corrected chi connectivity index (χ4v) is 1.38. The molecule has 0 aliphatic heterocycles. The van der Waals surface area contributed by atoms with Gasteiger partial charge in [-0.05, 0) is 18.6 Å². The largest absolute Gasteiger partial charge is 0.322 e. The van der Waals surface area contributed by atoms with Crippen LogP contribution in [-0.2, 0) is 0 Å². The van der Waals surface area contributed by atoms with Gasteiger partial charge in [-0.1, -0.05) is 17.7 Å². The molecule has 0 amide bonds. The van der Waals surface area contributed by atoms with E-state index in [1.54, 1.807) is 6.92 Å². The molecule has 0 radical (unpaired) electrons. The summed E-state index contributed by atoms with van der Waals surface area (Å²) in [5.74, 6) is -0.516. The van der Waals surface area contributed by atoms with Crippen LogP contribution in [-0.4, -0.2) is 6.67 Å². The number of aryl methyl sites for hydroxylation is 1. The van der Waals surface area contributed by atoms with Gasteiger partial charge in [0.2, 0.25) is 0 Å². The van der Waals surface area contributed by atoms with Gasteiger partial charge in [0, 0.05) is 10.6 Å². The molecule has 0 saturated carbocycles. The van der Waals surface area contributed by atoms with E-state index in [9.17, 15) is 8.78 Å². The van der Waals surface area contributed by atoms with E-state index in [2.05, 4.69) is 0 Å². The van der Waals surface area contributed by atoms with Crippen molar-refractivity contribution in [1.82, 2.24) is 0 Å². The van der Waals surface area contributed by atoms with Crippen LogP contribution < -0.4 is 5.73 Å².